The van der Waals surface area contributed by atoms with Gasteiger partial charge in [0.2, 0.25) is 5.88 Å². The van der Waals surface area contributed by atoms with E-state index in [1.807, 2.05) is 17.0 Å². The van der Waals surface area contributed by atoms with Crippen molar-refractivity contribution >= 4 is 28.2 Å². The molecule has 1 aromatic carbocycles. The minimum atomic E-state index is -0.260. The van der Waals surface area contributed by atoms with Gasteiger partial charge in [-0.1, -0.05) is 6.92 Å². The molecular weight excluding hydrogens is 458 g/mol. The van der Waals surface area contributed by atoms with E-state index in [4.69, 9.17) is 4.74 Å². The number of amides is 1. The van der Waals surface area contributed by atoms with Crippen molar-refractivity contribution in [3.8, 4) is 17.3 Å². The number of H-pyrrole nitrogens is 1. The molecule has 5 rings (SSSR count). The number of pyridine rings is 2. The van der Waals surface area contributed by atoms with Crippen LogP contribution in [0.15, 0.2) is 59.8 Å². The van der Waals surface area contributed by atoms with E-state index in [9.17, 15) is 9.59 Å². The van der Waals surface area contributed by atoms with Crippen molar-refractivity contribution in [2.45, 2.75) is 6.92 Å². The zero-order valence-electron chi connectivity index (χ0n) is 20.2. The third-order valence-electron chi connectivity index (χ3n) is 6.34. The van der Waals surface area contributed by atoms with Gasteiger partial charge < -0.3 is 24.8 Å². The van der Waals surface area contributed by atoms with Crippen LogP contribution >= 0.6 is 0 Å². The molecule has 4 heterocycles. The molecule has 1 saturated heterocycles. The maximum atomic E-state index is 12.9. The van der Waals surface area contributed by atoms with Crippen LogP contribution < -0.4 is 15.6 Å². The van der Waals surface area contributed by atoms with Crippen LogP contribution in [0, 0.1) is 0 Å². The number of carbonyl (C=O) groups excluding carboxylic acids is 1. The number of piperazine rings is 1. The number of anilines is 2. The summed E-state index contributed by atoms with van der Waals surface area (Å²) in [6.07, 6.45) is 4.70. The first-order chi connectivity index (χ1) is 17.6. The molecule has 0 radical (unpaired) electrons. The molecule has 2 N–H and O–H groups in total. The summed E-state index contributed by atoms with van der Waals surface area (Å²) in [5, 5.41) is 4.37. The quantitative estimate of drug-likeness (QED) is 0.428. The van der Waals surface area contributed by atoms with Crippen LogP contribution in [0.3, 0.4) is 0 Å². The molecule has 0 atom stereocenters. The van der Waals surface area contributed by atoms with Gasteiger partial charge >= 0.3 is 0 Å². The Hall–Kier alpha value is -4.31. The fourth-order valence-electron chi connectivity index (χ4n) is 4.29. The summed E-state index contributed by atoms with van der Waals surface area (Å²) in [6.45, 7) is 6.37. The maximum Gasteiger partial charge on any atom is 0.259 e. The van der Waals surface area contributed by atoms with Crippen LogP contribution in [-0.2, 0) is 0 Å². The van der Waals surface area contributed by atoms with Crippen LogP contribution in [0.25, 0.3) is 22.2 Å². The van der Waals surface area contributed by atoms with Gasteiger partial charge in [0.1, 0.15) is 11.5 Å². The van der Waals surface area contributed by atoms with Gasteiger partial charge in [0.05, 0.1) is 30.6 Å². The molecule has 184 valence electrons. The van der Waals surface area contributed by atoms with E-state index in [1.165, 1.54) is 13.3 Å². The standard InChI is InChI=1S/C26H27N7O3/c1-3-32-10-12-33(13-11-32)26(35)17-4-6-19(7-5-17)29-24-23-18(8-9-28-25(23)34)14-20(31-24)21-15-27-16-22(30-21)36-2/h4-9,14-16H,3,10-13H2,1-2H3,(H,28,34)(H,29,31). The van der Waals surface area contributed by atoms with E-state index in [0.717, 1.165) is 32.7 Å². The van der Waals surface area contributed by atoms with Gasteiger partial charge in [-0.3, -0.25) is 14.6 Å². The molecule has 0 aliphatic carbocycles. The highest BCUT2D eigenvalue weighted by atomic mass is 16.5. The molecule has 36 heavy (non-hydrogen) atoms. The van der Waals surface area contributed by atoms with E-state index < -0.39 is 0 Å². The van der Waals surface area contributed by atoms with Gasteiger partial charge in [0.15, 0.2) is 0 Å². The summed E-state index contributed by atoms with van der Waals surface area (Å²) in [6, 6.07) is 10.8. The normalized spacial score (nSPS) is 14.1. The third-order valence-corrected chi connectivity index (χ3v) is 6.34. The number of benzene rings is 1. The van der Waals surface area contributed by atoms with E-state index in [-0.39, 0.29) is 11.5 Å². The zero-order chi connectivity index (χ0) is 25.1. The number of aromatic amines is 1. The SMILES string of the molecule is CCN1CCN(C(=O)c2ccc(Nc3nc(-c4cncc(OC)n4)cc4cc[nH]c(=O)c34)cc2)CC1. The number of fused-ring (bicyclic) bond motifs is 1. The number of rotatable bonds is 6. The van der Waals surface area contributed by atoms with Crippen LogP contribution in [0.5, 0.6) is 5.88 Å². The smallest absolute Gasteiger partial charge is 0.259 e. The predicted molar refractivity (Wildman–Crippen MR) is 138 cm³/mol. The maximum absolute atomic E-state index is 12.9. The average Bonchev–Trinajstić information content (AvgIpc) is 2.93. The fourth-order valence-corrected chi connectivity index (χ4v) is 4.29. The second-order valence-electron chi connectivity index (χ2n) is 8.50. The molecule has 0 spiro atoms. The van der Waals surface area contributed by atoms with E-state index in [1.54, 1.807) is 36.7 Å². The van der Waals surface area contributed by atoms with Gasteiger partial charge in [-0.05, 0) is 48.3 Å². The lowest BCUT2D eigenvalue weighted by molar-refractivity contribution is 0.0643. The zero-order valence-corrected chi connectivity index (χ0v) is 20.2. The van der Waals surface area contributed by atoms with E-state index in [2.05, 4.69) is 37.1 Å². The molecule has 0 bridgehead atoms. The molecule has 0 saturated carbocycles. The van der Waals surface area contributed by atoms with Crippen molar-refractivity contribution in [2.24, 2.45) is 0 Å². The number of carbonyl (C=O) groups is 1. The number of hydrogen-bond acceptors (Lipinski definition) is 8. The molecular formula is C26H27N7O3. The molecule has 1 aliphatic rings. The summed E-state index contributed by atoms with van der Waals surface area (Å²) in [4.78, 5) is 45.8. The molecule has 1 amide bonds. The monoisotopic (exact) mass is 485 g/mol. The number of aromatic nitrogens is 4. The van der Waals surface area contributed by atoms with Crippen molar-refractivity contribution in [1.82, 2.24) is 29.7 Å². The first-order valence-electron chi connectivity index (χ1n) is 11.8. The number of hydrogen-bond donors (Lipinski definition) is 2. The Morgan fingerprint density at radius 1 is 1.06 bits per heavy atom. The van der Waals surface area contributed by atoms with Crippen molar-refractivity contribution in [3.05, 3.63) is 70.9 Å². The Kier molecular flexibility index (Phi) is 6.59. The third kappa shape index (κ3) is 4.76. The second kappa shape index (κ2) is 10.1. The lowest BCUT2D eigenvalue weighted by atomic mass is 10.1. The lowest BCUT2D eigenvalue weighted by Gasteiger charge is -2.34. The highest BCUT2D eigenvalue weighted by molar-refractivity contribution is 5.96. The Morgan fingerprint density at radius 2 is 1.83 bits per heavy atom. The van der Waals surface area contributed by atoms with Gasteiger partial charge in [0.25, 0.3) is 11.5 Å². The first-order valence-corrected chi connectivity index (χ1v) is 11.8. The summed E-state index contributed by atoms with van der Waals surface area (Å²) in [5.74, 6) is 0.769. The summed E-state index contributed by atoms with van der Waals surface area (Å²) >= 11 is 0. The predicted octanol–water partition coefficient (Wildman–Crippen LogP) is 2.91. The molecule has 0 unspecified atom stereocenters. The number of likely N-dealkylation sites (N-methyl/N-ethyl adjacent to an activating group) is 1. The molecule has 10 nitrogen and oxygen atoms in total. The Labute approximate surface area is 208 Å². The topological polar surface area (TPSA) is 116 Å². The van der Waals surface area contributed by atoms with E-state index >= 15 is 0 Å². The van der Waals surface area contributed by atoms with Crippen molar-refractivity contribution in [2.75, 3.05) is 45.2 Å². The molecule has 4 aromatic rings. The highest BCUT2D eigenvalue weighted by Gasteiger charge is 2.21. The van der Waals surface area contributed by atoms with Crippen LogP contribution in [0.2, 0.25) is 0 Å². The number of ether oxygens (including phenoxy) is 1. The minimum absolute atomic E-state index is 0.0240. The Balaban J connectivity index is 1.43. The Bertz CT molecular complexity index is 1440. The van der Waals surface area contributed by atoms with Crippen LogP contribution in [0.4, 0.5) is 11.5 Å². The summed E-state index contributed by atoms with van der Waals surface area (Å²) in [7, 11) is 1.52. The van der Waals surface area contributed by atoms with Crippen molar-refractivity contribution < 1.29 is 9.53 Å². The fraction of sp³-hybridized carbons (Fsp3) is 0.269. The van der Waals surface area contributed by atoms with Crippen molar-refractivity contribution in [1.29, 1.82) is 0 Å². The number of nitrogens with one attached hydrogen (secondary N) is 2. The van der Waals surface area contributed by atoms with Gasteiger partial charge in [0, 0.05) is 43.6 Å². The number of nitrogens with zero attached hydrogens (tertiary/aromatic N) is 5. The molecule has 3 aromatic heterocycles. The Morgan fingerprint density at radius 3 is 2.56 bits per heavy atom. The van der Waals surface area contributed by atoms with Gasteiger partial charge in [-0.15, -0.1) is 0 Å². The molecule has 10 heteroatoms. The second-order valence-corrected chi connectivity index (χ2v) is 8.50. The lowest BCUT2D eigenvalue weighted by Crippen LogP contribution is -2.48. The number of methoxy groups -OCH3 is 1. The highest BCUT2D eigenvalue weighted by Crippen LogP contribution is 2.27. The van der Waals surface area contributed by atoms with Gasteiger partial charge in [-0.2, -0.15) is 0 Å². The van der Waals surface area contributed by atoms with Crippen molar-refractivity contribution in [3.63, 3.8) is 0 Å². The average molecular weight is 486 g/mol. The van der Waals surface area contributed by atoms with E-state index in [0.29, 0.717) is 45.1 Å². The minimum Gasteiger partial charge on any atom is -0.480 e. The summed E-state index contributed by atoms with van der Waals surface area (Å²) < 4.78 is 5.19. The first kappa shape index (κ1) is 23.4. The largest absolute Gasteiger partial charge is 0.480 e. The molecule has 1 aliphatic heterocycles. The molecule has 1 fully saturated rings. The summed E-state index contributed by atoms with van der Waals surface area (Å²) in [5.41, 5.74) is 2.13. The van der Waals surface area contributed by atoms with Crippen LogP contribution in [0.1, 0.15) is 17.3 Å². The van der Waals surface area contributed by atoms with Crippen LogP contribution in [-0.4, -0.2) is 75.5 Å². The van der Waals surface area contributed by atoms with Gasteiger partial charge in [-0.25, -0.2) is 9.97 Å².